The number of aromatic amines is 1. The summed E-state index contributed by atoms with van der Waals surface area (Å²) in [4.78, 5) is 19.5. The third kappa shape index (κ3) is 2.78. The van der Waals surface area contributed by atoms with Gasteiger partial charge in [0, 0.05) is 11.0 Å². The van der Waals surface area contributed by atoms with Crippen LogP contribution in [0.2, 0.25) is 0 Å². The van der Waals surface area contributed by atoms with E-state index in [1.54, 1.807) is 0 Å². The average Bonchev–Trinajstić information content (AvgIpc) is 2.31. The summed E-state index contributed by atoms with van der Waals surface area (Å²) in [6.07, 6.45) is 0. The fraction of sp³-hybridized carbons (Fsp3) is 0.333. The molecule has 1 heterocycles. The van der Waals surface area contributed by atoms with Gasteiger partial charge in [-0.05, 0) is 28.4 Å². The van der Waals surface area contributed by atoms with Crippen molar-refractivity contribution in [1.29, 1.82) is 0 Å². The van der Waals surface area contributed by atoms with Gasteiger partial charge in [0.1, 0.15) is 10.3 Å². The van der Waals surface area contributed by atoms with E-state index in [-0.39, 0.29) is 11.0 Å². The molecule has 1 N–H and O–H groups in total. The van der Waals surface area contributed by atoms with Gasteiger partial charge in [0.2, 0.25) is 0 Å². The highest BCUT2D eigenvalue weighted by Gasteiger charge is 2.22. The van der Waals surface area contributed by atoms with Gasteiger partial charge in [-0.15, -0.1) is 0 Å². The van der Waals surface area contributed by atoms with Crippen molar-refractivity contribution in [1.82, 2.24) is 9.97 Å². The maximum Gasteiger partial charge on any atom is 0.265 e. The fourth-order valence-corrected chi connectivity index (χ4v) is 2.70. The molecule has 0 fully saturated rings. The molecule has 0 saturated heterocycles. The summed E-state index contributed by atoms with van der Waals surface area (Å²) < 4.78 is 0.511. The lowest BCUT2D eigenvalue weighted by molar-refractivity contribution is 0.562. The molecule has 2 aromatic rings. The summed E-state index contributed by atoms with van der Waals surface area (Å²) >= 11 is 3.33. The molecule has 0 aliphatic rings. The summed E-state index contributed by atoms with van der Waals surface area (Å²) in [5, 5.41) is 0. The lowest BCUT2D eigenvalue weighted by atomic mass is 9.92. The summed E-state index contributed by atoms with van der Waals surface area (Å²) in [6, 6.07) is 7.89. The van der Waals surface area contributed by atoms with Crippen molar-refractivity contribution >= 4 is 15.9 Å². The van der Waals surface area contributed by atoms with Gasteiger partial charge in [0.25, 0.3) is 5.56 Å². The number of nitrogens with one attached hydrogen (secondary N) is 1. The monoisotopic (exact) mass is 320 g/mol. The third-order valence-corrected chi connectivity index (χ3v) is 3.71. The van der Waals surface area contributed by atoms with Crippen molar-refractivity contribution in [3.63, 3.8) is 0 Å². The smallest absolute Gasteiger partial charge is 0.265 e. The van der Waals surface area contributed by atoms with Gasteiger partial charge in [-0.2, -0.15) is 0 Å². The van der Waals surface area contributed by atoms with Crippen LogP contribution in [0, 0.1) is 6.92 Å². The molecule has 100 valence electrons. The van der Waals surface area contributed by atoms with Crippen LogP contribution in [0.1, 0.15) is 32.0 Å². The molecule has 0 aliphatic heterocycles. The molecule has 0 saturated carbocycles. The zero-order valence-corrected chi connectivity index (χ0v) is 13.1. The molecule has 1 aromatic heterocycles. The minimum atomic E-state index is -0.190. The van der Waals surface area contributed by atoms with E-state index in [1.165, 1.54) is 0 Å². The fourth-order valence-electron chi connectivity index (χ4n) is 1.92. The number of hydrogen-bond donors (Lipinski definition) is 1. The van der Waals surface area contributed by atoms with Gasteiger partial charge in [0.15, 0.2) is 0 Å². The largest absolute Gasteiger partial charge is 0.306 e. The second-order valence-electron chi connectivity index (χ2n) is 5.64. The molecule has 2 rings (SSSR count). The van der Waals surface area contributed by atoms with E-state index >= 15 is 0 Å². The number of hydrogen-bond acceptors (Lipinski definition) is 2. The molecule has 19 heavy (non-hydrogen) atoms. The molecule has 0 aliphatic carbocycles. The van der Waals surface area contributed by atoms with E-state index in [1.807, 2.05) is 52.0 Å². The Kier molecular flexibility index (Phi) is 3.63. The number of halogens is 1. The topological polar surface area (TPSA) is 45.8 Å². The Balaban J connectivity index is 2.71. The number of rotatable bonds is 1. The zero-order chi connectivity index (χ0) is 14.2. The SMILES string of the molecule is Cc1ccccc1-c1nc(C(C)(C)C)c(Br)c(=O)[nH]1. The predicted molar refractivity (Wildman–Crippen MR) is 81.4 cm³/mol. The molecule has 0 atom stereocenters. The quantitative estimate of drug-likeness (QED) is 0.868. The minimum absolute atomic E-state index is 0.141. The molecule has 0 bridgehead atoms. The summed E-state index contributed by atoms with van der Waals surface area (Å²) in [7, 11) is 0. The highest BCUT2D eigenvalue weighted by molar-refractivity contribution is 9.10. The number of H-pyrrole nitrogens is 1. The standard InChI is InChI=1S/C15H17BrN2O/c1-9-7-5-6-8-10(9)13-17-12(15(2,3)4)11(16)14(19)18-13/h5-8H,1-4H3,(H,17,18,19). The molecule has 1 aromatic carbocycles. The van der Waals surface area contributed by atoms with Crippen LogP contribution in [0.15, 0.2) is 33.5 Å². The normalized spacial score (nSPS) is 11.6. The highest BCUT2D eigenvalue weighted by atomic mass is 79.9. The van der Waals surface area contributed by atoms with E-state index in [9.17, 15) is 4.79 Å². The molecular weight excluding hydrogens is 304 g/mol. The van der Waals surface area contributed by atoms with Gasteiger partial charge in [-0.25, -0.2) is 4.98 Å². The van der Waals surface area contributed by atoms with Crippen LogP contribution in [0.4, 0.5) is 0 Å². The lowest BCUT2D eigenvalue weighted by Gasteiger charge is -2.20. The van der Waals surface area contributed by atoms with Gasteiger partial charge in [0.05, 0.1) is 5.69 Å². The number of nitrogens with zero attached hydrogens (tertiary/aromatic N) is 1. The van der Waals surface area contributed by atoms with E-state index in [2.05, 4.69) is 25.9 Å². The van der Waals surface area contributed by atoms with E-state index in [0.717, 1.165) is 16.8 Å². The van der Waals surface area contributed by atoms with E-state index in [0.29, 0.717) is 10.3 Å². The molecular formula is C15H17BrN2O. The van der Waals surface area contributed by atoms with Gasteiger partial charge < -0.3 is 4.98 Å². The van der Waals surface area contributed by atoms with Crippen molar-refractivity contribution < 1.29 is 0 Å². The second-order valence-corrected chi connectivity index (χ2v) is 6.44. The Labute approximate surface area is 121 Å². The first-order chi connectivity index (χ1) is 8.80. The maximum absolute atomic E-state index is 12.0. The van der Waals surface area contributed by atoms with Crippen molar-refractivity contribution in [2.24, 2.45) is 0 Å². The Morgan fingerprint density at radius 3 is 2.42 bits per heavy atom. The Morgan fingerprint density at radius 2 is 1.84 bits per heavy atom. The molecule has 4 heteroatoms. The molecule has 0 spiro atoms. The highest BCUT2D eigenvalue weighted by Crippen LogP contribution is 2.27. The molecule has 0 amide bonds. The van der Waals surface area contributed by atoms with Crippen molar-refractivity contribution in [3.8, 4) is 11.4 Å². The number of aryl methyl sites for hydroxylation is 1. The Hall–Kier alpha value is -1.42. The number of aromatic nitrogens is 2. The van der Waals surface area contributed by atoms with Gasteiger partial charge in [-0.3, -0.25) is 4.79 Å². The predicted octanol–water partition coefficient (Wildman–Crippen LogP) is 3.81. The summed E-state index contributed by atoms with van der Waals surface area (Å²) in [5.41, 5.74) is 2.49. The van der Waals surface area contributed by atoms with Crippen LogP contribution in [-0.2, 0) is 5.41 Å². The summed E-state index contributed by atoms with van der Waals surface area (Å²) in [5.74, 6) is 0.622. The average molecular weight is 321 g/mol. The van der Waals surface area contributed by atoms with Crippen LogP contribution in [0.5, 0.6) is 0 Å². The van der Waals surface area contributed by atoms with Crippen LogP contribution < -0.4 is 5.56 Å². The second kappa shape index (κ2) is 4.93. The minimum Gasteiger partial charge on any atom is -0.306 e. The first-order valence-electron chi connectivity index (χ1n) is 6.17. The molecule has 0 unspecified atom stereocenters. The van der Waals surface area contributed by atoms with E-state index < -0.39 is 0 Å². The number of benzene rings is 1. The van der Waals surface area contributed by atoms with Crippen LogP contribution in [0.25, 0.3) is 11.4 Å². The Morgan fingerprint density at radius 1 is 1.21 bits per heavy atom. The molecule has 0 radical (unpaired) electrons. The molecule has 3 nitrogen and oxygen atoms in total. The maximum atomic E-state index is 12.0. The van der Waals surface area contributed by atoms with Crippen LogP contribution in [0.3, 0.4) is 0 Å². The van der Waals surface area contributed by atoms with Crippen molar-refractivity contribution in [3.05, 3.63) is 50.3 Å². The van der Waals surface area contributed by atoms with Crippen molar-refractivity contribution in [2.75, 3.05) is 0 Å². The lowest BCUT2D eigenvalue weighted by Crippen LogP contribution is -2.22. The first kappa shape index (κ1) is 14.0. The van der Waals surface area contributed by atoms with Gasteiger partial charge in [-0.1, -0.05) is 45.0 Å². The van der Waals surface area contributed by atoms with Crippen LogP contribution in [-0.4, -0.2) is 9.97 Å². The Bertz CT molecular complexity index is 669. The summed E-state index contributed by atoms with van der Waals surface area (Å²) in [6.45, 7) is 8.14. The van der Waals surface area contributed by atoms with Crippen LogP contribution >= 0.6 is 15.9 Å². The van der Waals surface area contributed by atoms with Gasteiger partial charge >= 0.3 is 0 Å². The third-order valence-electron chi connectivity index (χ3n) is 2.97. The van der Waals surface area contributed by atoms with Crippen molar-refractivity contribution in [2.45, 2.75) is 33.1 Å². The first-order valence-corrected chi connectivity index (χ1v) is 6.96. The van der Waals surface area contributed by atoms with E-state index in [4.69, 9.17) is 0 Å². The zero-order valence-electron chi connectivity index (χ0n) is 11.5.